The van der Waals surface area contributed by atoms with E-state index in [9.17, 15) is 0 Å². The van der Waals surface area contributed by atoms with Crippen molar-refractivity contribution in [2.45, 2.75) is 21.7 Å². The fourth-order valence-electron chi connectivity index (χ4n) is 0.507. The number of hydrogen-bond donors (Lipinski definition) is 0. The van der Waals surface area contributed by atoms with Crippen LogP contribution < -0.4 is 0 Å². The van der Waals surface area contributed by atoms with Gasteiger partial charge in [-0.2, -0.15) is 0 Å². The van der Waals surface area contributed by atoms with Crippen molar-refractivity contribution in [1.82, 2.24) is 0 Å². The van der Waals surface area contributed by atoms with Crippen molar-refractivity contribution in [3.8, 4) is 0 Å². The normalized spacial score (nSPS) is 9.88. The molecule has 0 aliphatic rings. The third-order valence-corrected chi connectivity index (χ3v) is 1.72. The zero-order valence-corrected chi connectivity index (χ0v) is 7.42. The summed E-state index contributed by atoms with van der Waals surface area (Å²) < 4.78 is 6.20. The Kier molecular flexibility index (Phi) is 9.53. The van der Waals surface area contributed by atoms with Crippen LogP contribution in [-0.2, 0) is 4.74 Å². The Morgan fingerprint density at radius 3 is 2.50 bits per heavy atom. The Morgan fingerprint density at radius 1 is 1.25 bits per heavy atom. The van der Waals surface area contributed by atoms with E-state index in [0.29, 0.717) is 0 Å². The van der Waals surface area contributed by atoms with E-state index in [1.54, 1.807) is 7.11 Å². The van der Waals surface area contributed by atoms with Crippen molar-refractivity contribution < 1.29 is 41.4 Å². The van der Waals surface area contributed by atoms with Gasteiger partial charge in [-0.1, -0.05) is 0 Å². The van der Waals surface area contributed by atoms with E-state index in [1.165, 1.54) is 21.7 Å². The monoisotopic (exact) mass is 260 g/mol. The Labute approximate surface area is 76.1 Å². The second-order valence-electron chi connectivity index (χ2n) is 1.72. The van der Waals surface area contributed by atoms with Gasteiger partial charge in [0.25, 0.3) is 0 Å². The molecule has 52 valence electrons. The third kappa shape index (κ3) is 7.25. The average Bonchev–Trinajstić information content (AvgIpc) is 1.81. The van der Waals surface area contributed by atoms with Gasteiger partial charge < -0.3 is 0 Å². The molecule has 0 aromatic rings. The van der Waals surface area contributed by atoms with Gasteiger partial charge in [0.1, 0.15) is 0 Å². The Hall–Kier alpha value is 1.25. The molecule has 0 saturated heterocycles. The molecule has 0 N–H and O–H groups in total. The maximum absolute atomic E-state index is 4.89. The fraction of sp³-hybridized carbons (Fsp3) is 1.00. The average molecular weight is 260 g/mol. The van der Waals surface area contributed by atoms with Gasteiger partial charge in [-0.3, -0.25) is 0 Å². The summed E-state index contributed by atoms with van der Waals surface area (Å²) >= 11 is 2.22. The summed E-state index contributed by atoms with van der Waals surface area (Å²) in [7, 11) is 1.76. The molecule has 0 bridgehead atoms. The van der Waals surface area contributed by atoms with E-state index in [4.69, 9.17) is 4.74 Å². The molecular weight excluding hydrogens is 247 g/mol. The zero-order valence-electron chi connectivity index (χ0n) is 5.28. The summed E-state index contributed by atoms with van der Waals surface area (Å²) in [6.45, 7) is 0.931. The van der Waals surface area contributed by atoms with E-state index >= 15 is 0 Å². The van der Waals surface area contributed by atoms with Crippen LogP contribution in [0.4, 0.5) is 0 Å². The molecule has 0 heterocycles. The first kappa shape index (κ1) is 9.25. The topological polar surface area (TPSA) is 9.23 Å². The summed E-state index contributed by atoms with van der Waals surface area (Å²) in [6.07, 6.45) is 3.90. The molecule has 0 aromatic carbocycles. The van der Waals surface area contributed by atoms with Crippen LogP contribution in [0.5, 0.6) is 0 Å². The standard InChI is InChI=1S/C6H13O.Tb/c1-3-4-5-6-7-2;/h1,3-6H2,2H3;. The molecule has 0 saturated carbocycles. The summed E-state index contributed by atoms with van der Waals surface area (Å²) in [4.78, 5) is 0. The summed E-state index contributed by atoms with van der Waals surface area (Å²) in [5.74, 6) is 0. The minimum absolute atomic E-state index is 0.931. The first-order valence-corrected chi connectivity index (χ1v) is 4.44. The van der Waals surface area contributed by atoms with Crippen LogP contribution in [-0.4, -0.2) is 13.7 Å². The molecule has 0 aliphatic carbocycles. The van der Waals surface area contributed by atoms with E-state index in [-0.39, 0.29) is 0 Å². The molecule has 0 unspecified atom stereocenters. The molecule has 1 nitrogen and oxygen atoms in total. The number of ether oxygens (including phenoxy) is 1. The van der Waals surface area contributed by atoms with Crippen LogP contribution in [0.15, 0.2) is 0 Å². The first-order valence-electron chi connectivity index (χ1n) is 2.93. The SMILES string of the molecule is COCCCC[CH2][Tb]. The van der Waals surface area contributed by atoms with Gasteiger partial charge in [0.15, 0.2) is 0 Å². The van der Waals surface area contributed by atoms with Crippen LogP contribution in [0.3, 0.4) is 0 Å². The number of rotatable bonds is 5. The van der Waals surface area contributed by atoms with E-state index in [1.807, 2.05) is 0 Å². The molecule has 0 spiro atoms. The van der Waals surface area contributed by atoms with Crippen molar-refractivity contribution in [2.24, 2.45) is 0 Å². The molecule has 2 heteroatoms. The van der Waals surface area contributed by atoms with E-state index in [2.05, 4.69) is 36.6 Å². The van der Waals surface area contributed by atoms with Gasteiger partial charge in [-0.25, -0.2) is 0 Å². The second kappa shape index (κ2) is 8.25. The molecule has 0 fully saturated rings. The fourth-order valence-corrected chi connectivity index (χ4v) is 1.04. The van der Waals surface area contributed by atoms with Crippen LogP contribution in [0, 0.1) is 36.6 Å². The quantitative estimate of drug-likeness (QED) is 0.684. The Bertz CT molecular complexity index is 33.5. The van der Waals surface area contributed by atoms with Crippen LogP contribution in [0.25, 0.3) is 0 Å². The molecule has 0 aromatic heterocycles. The first-order chi connectivity index (χ1) is 3.91. The van der Waals surface area contributed by atoms with Crippen molar-refractivity contribution in [2.75, 3.05) is 13.7 Å². The summed E-state index contributed by atoms with van der Waals surface area (Å²) in [5, 5.41) is 0. The van der Waals surface area contributed by atoms with E-state index in [0.717, 1.165) is 6.61 Å². The van der Waals surface area contributed by atoms with Crippen LogP contribution in [0.2, 0.25) is 2.39 Å². The van der Waals surface area contributed by atoms with Gasteiger partial charge in [0.05, 0.1) is 0 Å². The van der Waals surface area contributed by atoms with Crippen molar-refractivity contribution in [1.29, 1.82) is 0 Å². The second-order valence-corrected chi connectivity index (χ2v) is 2.79. The van der Waals surface area contributed by atoms with Crippen molar-refractivity contribution in [3.05, 3.63) is 0 Å². The predicted molar refractivity (Wildman–Crippen MR) is 30.5 cm³/mol. The zero-order chi connectivity index (χ0) is 6.24. The molecule has 0 radical (unpaired) electrons. The molecule has 0 aliphatic heterocycles. The van der Waals surface area contributed by atoms with Gasteiger partial charge in [-0.05, 0) is 0 Å². The molecular formula is C6H13OTb. The Balaban J connectivity index is 2.53. The van der Waals surface area contributed by atoms with Crippen LogP contribution in [0.1, 0.15) is 19.3 Å². The number of unbranched alkanes of at least 4 members (excludes halogenated alkanes) is 2. The van der Waals surface area contributed by atoms with Crippen molar-refractivity contribution in [3.63, 3.8) is 0 Å². The van der Waals surface area contributed by atoms with Crippen LogP contribution >= 0.6 is 0 Å². The number of methoxy groups -OCH3 is 1. The molecule has 0 rings (SSSR count). The summed E-state index contributed by atoms with van der Waals surface area (Å²) in [5.41, 5.74) is 0. The maximum atomic E-state index is 4.89. The third-order valence-electron chi connectivity index (χ3n) is 0.966. The number of hydrogen-bond acceptors (Lipinski definition) is 1. The minimum atomic E-state index is 0.931. The van der Waals surface area contributed by atoms with E-state index < -0.39 is 0 Å². The van der Waals surface area contributed by atoms with Crippen molar-refractivity contribution >= 4 is 0 Å². The Morgan fingerprint density at radius 2 is 2.00 bits per heavy atom. The predicted octanol–water partition coefficient (Wildman–Crippen LogP) is 1.77. The van der Waals surface area contributed by atoms with Gasteiger partial charge in [0, 0.05) is 0 Å². The van der Waals surface area contributed by atoms with Gasteiger partial charge >= 0.3 is 76.7 Å². The molecule has 8 heavy (non-hydrogen) atoms. The molecule has 0 atom stereocenters. The molecule has 0 amide bonds. The van der Waals surface area contributed by atoms with Gasteiger partial charge in [-0.15, -0.1) is 0 Å². The summed E-state index contributed by atoms with van der Waals surface area (Å²) in [6, 6.07) is 0. The van der Waals surface area contributed by atoms with Gasteiger partial charge in [0.2, 0.25) is 0 Å².